The molecular formula is C12H16Cl3NO. The lowest BCUT2D eigenvalue weighted by molar-refractivity contribution is 0.146. The van der Waals surface area contributed by atoms with Crippen LogP contribution in [-0.4, -0.2) is 25.6 Å². The van der Waals surface area contributed by atoms with Crippen molar-refractivity contribution >= 4 is 34.8 Å². The van der Waals surface area contributed by atoms with Gasteiger partial charge in [0.2, 0.25) is 0 Å². The summed E-state index contributed by atoms with van der Waals surface area (Å²) in [5.74, 6) is 0.547. The van der Waals surface area contributed by atoms with E-state index in [2.05, 4.69) is 5.32 Å². The fourth-order valence-corrected chi connectivity index (χ4v) is 1.85. The lowest BCUT2D eigenvalue weighted by atomic mass is 10.2. The Morgan fingerprint density at radius 1 is 1.18 bits per heavy atom. The standard InChI is InChI=1S/C12H16Cl3NO/c13-4-7-17-6-1-5-16-9-10-8-11(14)2-3-12(10)15/h2-3,8,16H,1,4-7,9H2. The molecule has 0 aromatic heterocycles. The Hall–Kier alpha value is 0.01000. The van der Waals surface area contributed by atoms with Gasteiger partial charge in [0.25, 0.3) is 0 Å². The normalized spacial score (nSPS) is 10.8. The van der Waals surface area contributed by atoms with E-state index in [0.717, 1.165) is 36.7 Å². The predicted octanol–water partition coefficient (Wildman–Crippen LogP) is 3.73. The first kappa shape index (κ1) is 15.1. The Kier molecular flexibility index (Phi) is 7.99. The molecule has 1 rings (SSSR count). The van der Waals surface area contributed by atoms with E-state index >= 15 is 0 Å². The van der Waals surface area contributed by atoms with Crippen LogP contribution in [0.3, 0.4) is 0 Å². The van der Waals surface area contributed by atoms with Crippen LogP contribution in [-0.2, 0) is 11.3 Å². The molecule has 17 heavy (non-hydrogen) atoms. The summed E-state index contributed by atoms with van der Waals surface area (Å²) in [5, 5.41) is 4.73. The molecule has 0 heterocycles. The molecule has 0 aliphatic heterocycles. The summed E-state index contributed by atoms with van der Waals surface area (Å²) in [6, 6.07) is 5.47. The van der Waals surface area contributed by atoms with Crippen molar-refractivity contribution in [1.29, 1.82) is 0 Å². The molecule has 0 fully saturated rings. The van der Waals surface area contributed by atoms with E-state index in [-0.39, 0.29) is 0 Å². The molecule has 0 saturated carbocycles. The zero-order chi connectivity index (χ0) is 12.5. The number of benzene rings is 1. The minimum atomic E-state index is 0.547. The highest BCUT2D eigenvalue weighted by molar-refractivity contribution is 6.33. The van der Waals surface area contributed by atoms with E-state index in [0.29, 0.717) is 17.5 Å². The summed E-state index contributed by atoms with van der Waals surface area (Å²) in [6.45, 7) is 2.94. The lowest BCUT2D eigenvalue weighted by Crippen LogP contribution is -2.16. The van der Waals surface area contributed by atoms with Crippen LogP contribution in [0.4, 0.5) is 0 Å². The zero-order valence-electron chi connectivity index (χ0n) is 9.52. The van der Waals surface area contributed by atoms with Crippen LogP contribution in [0, 0.1) is 0 Å². The molecule has 0 radical (unpaired) electrons. The van der Waals surface area contributed by atoms with Crippen molar-refractivity contribution in [2.45, 2.75) is 13.0 Å². The second kappa shape index (κ2) is 9.01. The highest BCUT2D eigenvalue weighted by atomic mass is 35.5. The summed E-state index contributed by atoms with van der Waals surface area (Å²) in [5.41, 5.74) is 1.01. The van der Waals surface area contributed by atoms with Gasteiger partial charge in [-0.1, -0.05) is 23.2 Å². The van der Waals surface area contributed by atoms with Gasteiger partial charge in [0, 0.05) is 29.1 Å². The van der Waals surface area contributed by atoms with E-state index in [9.17, 15) is 0 Å². The maximum Gasteiger partial charge on any atom is 0.0601 e. The third kappa shape index (κ3) is 6.49. The molecule has 1 aromatic rings. The van der Waals surface area contributed by atoms with Crippen LogP contribution < -0.4 is 5.32 Å². The Labute approximate surface area is 117 Å². The van der Waals surface area contributed by atoms with Gasteiger partial charge in [-0.05, 0) is 36.7 Å². The summed E-state index contributed by atoms with van der Waals surface area (Å²) in [6.07, 6.45) is 0.953. The minimum absolute atomic E-state index is 0.547. The molecule has 0 aliphatic rings. The largest absolute Gasteiger partial charge is 0.380 e. The molecule has 0 unspecified atom stereocenters. The maximum atomic E-state index is 6.04. The van der Waals surface area contributed by atoms with Crippen LogP contribution in [0.1, 0.15) is 12.0 Å². The molecule has 0 aliphatic carbocycles. The van der Waals surface area contributed by atoms with Crippen molar-refractivity contribution < 1.29 is 4.74 Å². The van der Waals surface area contributed by atoms with Gasteiger partial charge in [0.15, 0.2) is 0 Å². The van der Waals surface area contributed by atoms with Gasteiger partial charge in [-0.2, -0.15) is 0 Å². The fraction of sp³-hybridized carbons (Fsp3) is 0.500. The van der Waals surface area contributed by atoms with Crippen LogP contribution in [0.15, 0.2) is 18.2 Å². The van der Waals surface area contributed by atoms with E-state index < -0.39 is 0 Å². The lowest BCUT2D eigenvalue weighted by Gasteiger charge is -2.07. The van der Waals surface area contributed by atoms with Crippen molar-refractivity contribution in [3.63, 3.8) is 0 Å². The van der Waals surface area contributed by atoms with Crippen LogP contribution >= 0.6 is 34.8 Å². The molecule has 0 amide bonds. The van der Waals surface area contributed by atoms with Gasteiger partial charge in [0.1, 0.15) is 0 Å². The third-order valence-corrected chi connectivity index (χ3v) is 2.95. The average molecular weight is 297 g/mol. The Morgan fingerprint density at radius 3 is 2.76 bits per heavy atom. The smallest absolute Gasteiger partial charge is 0.0601 e. The van der Waals surface area contributed by atoms with E-state index in [1.807, 2.05) is 12.1 Å². The van der Waals surface area contributed by atoms with Crippen molar-refractivity contribution in [2.75, 3.05) is 25.6 Å². The molecule has 0 bridgehead atoms. The van der Waals surface area contributed by atoms with Crippen LogP contribution in [0.5, 0.6) is 0 Å². The number of nitrogens with one attached hydrogen (secondary N) is 1. The van der Waals surface area contributed by atoms with Gasteiger partial charge in [-0.15, -0.1) is 11.6 Å². The van der Waals surface area contributed by atoms with Gasteiger partial charge >= 0.3 is 0 Å². The monoisotopic (exact) mass is 295 g/mol. The van der Waals surface area contributed by atoms with Crippen molar-refractivity contribution in [2.24, 2.45) is 0 Å². The molecule has 1 N–H and O–H groups in total. The minimum Gasteiger partial charge on any atom is -0.380 e. The van der Waals surface area contributed by atoms with E-state index in [1.165, 1.54) is 0 Å². The number of hydrogen-bond donors (Lipinski definition) is 1. The molecule has 0 atom stereocenters. The second-order valence-corrected chi connectivity index (χ2v) is 4.79. The van der Waals surface area contributed by atoms with Crippen molar-refractivity contribution in [3.8, 4) is 0 Å². The molecule has 0 saturated heterocycles. The van der Waals surface area contributed by atoms with Crippen LogP contribution in [0.2, 0.25) is 10.0 Å². The molecular weight excluding hydrogens is 280 g/mol. The zero-order valence-corrected chi connectivity index (χ0v) is 11.8. The van der Waals surface area contributed by atoms with Gasteiger partial charge in [-0.3, -0.25) is 0 Å². The Bertz CT molecular complexity index is 334. The van der Waals surface area contributed by atoms with Gasteiger partial charge in [0.05, 0.1) is 6.61 Å². The predicted molar refractivity (Wildman–Crippen MR) is 74.3 cm³/mol. The van der Waals surface area contributed by atoms with Gasteiger partial charge in [-0.25, -0.2) is 0 Å². The number of ether oxygens (including phenoxy) is 1. The first-order chi connectivity index (χ1) is 8.24. The average Bonchev–Trinajstić information content (AvgIpc) is 2.32. The van der Waals surface area contributed by atoms with Gasteiger partial charge < -0.3 is 10.1 Å². The maximum absolute atomic E-state index is 6.04. The molecule has 2 nitrogen and oxygen atoms in total. The number of rotatable bonds is 8. The second-order valence-electron chi connectivity index (χ2n) is 3.57. The van der Waals surface area contributed by atoms with Crippen molar-refractivity contribution in [1.82, 2.24) is 5.32 Å². The molecule has 0 spiro atoms. The first-order valence-corrected chi connectivity index (χ1v) is 6.81. The van der Waals surface area contributed by atoms with E-state index in [4.69, 9.17) is 39.5 Å². The number of alkyl halides is 1. The topological polar surface area (TPSA) is 21.3 Å². The van der Waals surface area contributed by atoms with Crippen molar-refractivity contribution in [3.05, 3.63) is 33.8 Å². The summed E-state index contributed by atoms with van der Waals surface area (Å²) in [4.78, 5) is 0. The highest BCUT2D eigenvalue weighted by Gasteiger charge is 2.00. The quantitative estimate of drug-likeness (QED) is 0.583. The van der Waals surface area contributed by atoms with Crippen LogP contribution in [0.25, 0.3) is 0 Å². The fourth-order valence-electron chi connectivity index (χ4n) is 1.36. The third-order valence-electron chi connectivity index (χ3n) is 2.19. The number of hydrogen-bond acceptors (Lipinski definition) is 2. The Morgan fingerprint density at radius 2 is 2.00 bits per heavy atom. The SMILES string of the molecule is ClCCOCCCNCc1cc(Cl)ccc1Cl. The number of halogens is 3. The molecule has 5 heteroatoms. The summed E-state index contributed by atoms with van der Waals surface area (Å²) >= 11 is 17.4. The van der Waals surface area contributed by atoms with E-state index in [1.54, 1.807) is 6.07 Å². The summed E-state index contributed by atoms with van der Waals surface area (Å²) in [7, 11) is 0. The molecule has 1 aromatic carbocycles. The summed E-state index contributed by atoms with van der Waals surface area (Å²) < 4.78 is 5.26. The highest BCUT2D eigenvalue weighted by Crippen LogP contribution is 2.20. The Balaban J connectivity index is 2.15. The molecule has 96 valence electrons. The first-order valence-electron chi connectivity index (χ1n) is 5.52.